The first kappa shape index (κ1) is 16.4. The van der Waals surface area contributed by atoms with Gasteiger partial charge in [0.15, 0.2) is 0 Å². The number of fused-ring (bicyclic) bond motifs is 1. The summed E-state index contributed by atoms with van der Waals surface area (Å²) in [6, 6.07) is 6.09. The number of aromatic amines is 1. The SMILES string of the molecule is CCC(CCO)NC(=O)NCCc1c[nH]c2c(C)cccc12. The van der Waals surface area contributed by atoms with Gasteiger partial charge in [-0.1, -0.05) is 25.1 Å². The maximum absolute atomic E-state index is 11.8. The molecule has 1 aromatic carbocycles. The molecule has 1 heterocycles. The lowest BCUT2D eigenvalue weighted by Gasteiger charge is -2.16. The molecule has 0 saturated carbocycles. The number of benzene rings is 1. The second kappa shape index (κ2) is 7.84. The number of rotatable bonds is 7. The molecule has 0 bridgehead atoms. The number of hydrogen-bond acceptors (Lipinski definition) is 2. The highest BCUT2D eigenvalue weighted by Crippen LogP contribution is 2.21. The number of hydrogen-bond donors (Lipinski definition) is 4. The lowest BCUT2D eigenvalue weighted by molar-refractivity contribution is 0.228. The van der Waals surface area contributed by atoms with Crippen LogP contribution in [0, 0.1) is 6.92 Å². The van der Waals surface area contributed by atoms with E-state index in [1.165, 1.54) is 16.5 Å². The molecule has 5 heteroatoms. The molecule has 0 aliphatic heterocycles. The Morgan fingerprint density at radius 1 is 1.41 bits per heavy atom. The third-order valence-corrected chi connectivity index (χ3v) is 3.99. The predicted octanol–water partition coefficient (Wildman–Crippen LogP) is 2.48. The Hall–Kier alpha value is -2.01. The van der Waals surface area contributed by atoms with Crippen molar-refractivity contribution in [3.05, 3.63) is 35.5 Å². The van der Waals surface area contributed by atoms with E-state index in [1.807, 2.05) is 13.1 Å². The smallest absolute Gasteiger partial charge is 0.315 e. The Balaban J connectivity index is 1.85. The molecule has 2 rings (SSSR count). The average molecular weight is 303 g/mol. The van der Waals surface area contributed by atoms with Crippen LogP contribution in [0.2, 0.25) is 0 Å². The van der Waals surface area contributed by atoms with Crippen LogP contribution in [-0.4, -0.2) is 35.3 Å². The van der Waals surface area contributed by atoms with Gasteiger partial charge in [0.05, 0.1) is 0 Å². The van der Waals surface area contributed by atoms with Gasteiger partial charge in [-0.15, -0.1) is 0 Å². The van der Waals surface area contributed by atoms with Crippen LogP contribution in [0.1, 0.15) is 30.9 Å². The molecule has 1 atom stereocenters. The molecular weight excluding hydrogens is 278 g/mol. The van der Waals surface area contributed by atoms with Gasteiger partial charge in [-0.3, -0.25) is 0 Å². The Morgan fingerprint density at radius 3 is 2.95 bits per heavy atom. The average Bonchev–Trinajstić information content (AvgIpc) is 2.91. The molecule has 0 aliphatic carbocycles. The number of aryl methyl sites for hydroxylation is 1. The standard InChI is InChI=1S/C17H25N3O2/c1-3-14(8-10-21)20-17(22)18-9-7-13-11-19-16-12(2)5-4-6-15(13)16/h4-6,11,14,19,21H,3,7-10H2,1-2H3,(H2,18,20,22). The number of carbonyl (C=O) groups is 1. The summed E-state index contributed by atoms with van der Waals surface area (Å²) < 4.78 is 0. The van der Waals surface area contributed by atoms with Gasteiger partial charge in [0, 0.05) is 36.3 Å². The van der Waals surface area contributed by atoms with Crippen LogP contribution in [0.25, 0.3) is 10.9 Å². The molecule has 22 heavy (non-hydrogen) atoms. The topological polar surface area (TPSA) is 77.2 Å². The maximum Gasteiger partial charge on any atom is 0.315 e. The Kier molecular flexibility index (Phi) is 5.83. The van der Waals surface area contributed by atoms with Crippen molar-refractivity contribution in [3.63, 3.8) is 0 Å². The summed E-state index contributed by atoms with van der Waals surface area (Å²) in [6.07, 6.45) is 4.20. The second-order valence-electron chi connectivity index (χ2n) is 5.58. The van der Waals surface area contributed by atoms with E-state index in [2.05, 4.69) is 40.7 Å². The van der Waals surface area contributed by atoms with Gasteiger partial charge in [-0.2, -0.15) is 0 Å². The van der Waals surface area contributed by atoms with Crippen LogP contribution in [0.15, 0.2) is 24.4 Å². The highest BCUT2D eigenvalue weighted by Gasteiger charge is 2.10. The minimum absolute atomic E-state index is 0.0285. The molecule has 5 nitrogen and oxygen atoms in total. The van der Waals surface area contributed by atoms with Gasteiger partial charge < -0.3 is 20.7 Å². The van der Waals surface area contributed by atoms with Crippen molar-refractivity contribution in [2.24, 2.45) is 0 Å². The molecule has 0 fully saturated rings. The molecular formula is C17H25N3O2. The monoisotopic (exact) mass is 303 g/mol. The molecule has 2 aromatic rings. The Labute approximate surface area is 131 Å². The lowest BCUT2D eigenvalue weighted by atomic mass is 10.1. The van der Waals surface area contributed by atoms with Crippen molar-refractivity contribution in [1.82, 2.24) is 15.6 Å². The van der Waals surface area contributed by atoms with Crippen molar-refractivity contribution in [1.29, 1.82) is 0 Å². The number of urea groups is 1. The number of carbonyl (C=O) groups excluding carboxylic acids is 1. The van der Waals surface area contributed by atoms with Gasteiger partial charge in [-0.25, -0.2) is 4.79 Å². The van der Waals surface area contributed by atoms with Crippen LogP contribution in [-0.2, 0) is 6.42 Å². The first-order valence-electron chi connectivity index (χ1n) is 7.86. The van der Waals surface area contributed by atoms with E-state index in [1.54, 1.807) is 0 Å². The molecule has 0 spiro atoms. The van der Waals surface area contributed by atoms with Gasteiger partial charge in [0.25, 0.3) is 0 Å². The minimum atomic E-state index is -0.170. The molecule has 2 amide bonds. The number of aliphatic hydroxyl groups excluding tert-OH is 1. The molecule has 0 radical (unpaired) electrons. The normalized spacial score (nSPS) is 12.3. The van der Waals surface area contributed by atoms with Crippen LogP contribution >= 0.6 is 0 Å². The van der Waals surface area contributed by atoms with Gasteiger partial charge >= 0.3 is 6.03 Å². The third kappa shape index (κ3) is 4.01. The molecule has 4 N–H and O–H groups in total. The fourth-order valence-electron chi connectivity index (χ4n) is 2.65. The lowest BCUT2D eigenvalue weighted by Crippen LogP contribution is -2.42. The van der Waals surface area contributed by atoms with Crippen molar-refractivity contribution in [2.45, 2.75) is 39.2 Å². The predicted molar refractivity (Wildman–Crippen MR) is 89.1 cm³/mol. The van der Waals surface area contributed by atoms with E-state index in [-0.39, 0.29) is 18.7 Å². The molecule has 0 aliphatic rings. The van der Waals surface area contributed by atoms with Gasteiger partial charge in [-0.05, 0) is 37.3 Å². The summed E-state index contributed by atoms with van der Waals surface area (Å²) in [5.74, 6) is 0. The van der Waals surface area contributed by atoms with E-state index in [9.17, 15) is 4.79 Å². The Morgan fingerprint density at radius 2 is 2.23 bits per heavy atom. The van der Waals surface area contributed by atoms with Crippen molar-refractivity contribution >= 4 is 16.9 Å². The summed E-state index contributed by atoms with van der Waals surface area (Å²) in [5.41, 5.74) is 3.60. The first-order chi connectivity index (χ1) is 10.7. The van der Waals surface area contributed by atoms with Gasteiger partial charge in [0.1, 0.15) is 0 Å². The van der Waals surface area contributed by atoms with E-state index >= 15 is 0 Å². The molecule has 120 valence electrons. The zero-order valence-electron chi connectivity index (χ0n) is 13.3. The fraction of sp³-hybridized carbons (Fsp3) is 0.471. The van der Waals surface area contributed by atoms with E-state index < -0.39 is 0 Å². The van der Waals surface area contributed by atoms with Crippen LogP contribution in [0.5, 0.6) is 0 Å². The van der Waals surface area contributed by atoms with Crippen molar-refractivity contribution in [3.8, 4) is 0 Å². The minimum Gasteiger partial charge on any atom is -0.396 e. The second-order valence-corrected chi connectivity index (χ2v) is 5.58. The van der Waals surface area contributed by atoms with Crippen molar-refractivity contribution < 1.29 is 9.90 Å². The Bertz CT molecular complexity index is 621. The van der Waals surface area contributed by atoms with Crippen LogP contribution < -0.4 is 10.6 Å². The van der Waals surface area contributed by atoms with Crippen molar-refractivity contribution in [2.75, 3.05) is 13.2 Å². The zero-order chi connectivity index (χ0) is 15.9. The number of H-pyrrole nitrogens is 1. The summed E-state index contributed by atoms with van der Waals surface area (Å²) in [6.45, 7) is 4.75. The number of aliphatic hydroxyl groups is 1. The maximum atomic E-state index is 11.8. The van der Waals surface area contributed by atoms with E-state index in [4.69, 9.17) is 5.11 Å². The zero-order valence-corrected chi connectivity index (χ0v) is 13.3. The van der Waals surface area contributed by atoms with Crippen LogP contribution in [0.3, 0.4) is 0 Å². The largest absolute Gasteiger partial charge is 0.396 e. The van der Waals surface area contributed by atoms with Crippen LogP contribution in [0.4, 0.5) is 4.79 Å². The number of aromatic nitrogens is 1. The third-order valence-electron chi connectivity index (χ3n) is 3.99. The van der Waals surface area contributed by atoms with E-state index in [0.717, 1.165) is 18.4 Å². The molecule has 1 aromatic heterocycles. The number of amides is 2. The molecule has 1 unspecified atom stereocenters. The summed E-state index contributed by atoms with van der Waals surface area (Å²) in [7, 11) is 0. The quantitative estimate of drug-likeness (QED) is 0.634. The highest BCUT2D eigenvalue weighted by molar-refractivity contribution is 5.85. The highest BCUT2D eigenvalue weighted by atomic mass is 16.3. The summed E-state index contributed by atoms with van der Waals surface area (Å²) in [4.78, 5) is 15.1. The fourth-order valence-corrected chi connectivity index (χ4v) is 2.65. The number of para-hydroxylation sites is 1. The summed E-state index contributed by atoms with van der Waals surface area (Å²) >= 11 is 0. The van der Waals surface area contributed by atoms with E-state index in [0.29, 0.717) is 13.0 Å². The molecule has 0 saturated heterocycles. The first-order valence-corrected chi connectivity index (χ1v) is 7.86. The summed E-state index contributed by atoms with van der Waals surface area (Å²) in [5, 5.41) is 15.9. The van der Waals surface area contributed by atoms with Gasteiger partial charge in [0.2, 0.25) is 0 Å². The number of nitrogens with one attached hydrogen (secondary N) is 3.